The molecule has 0 amide bonds. The second-order valence-corrected chi connectivity index (χ2v) is 14.4. The minimum atomic E-state index is -0.874. The van der Waals surface area contributed by atoms with Crippen LogP contribution in [0.5, 0.6) is 0 Å². The molecular formula is C60H42N2. The standard InChI is InChI=1S/C60H42N2/c1-4-13-43(14-5-1)45-23-27-47(28-24-45)49-31-36-54(37-32-49)61(55-38-33-50(34-39-55)48-29-25-46(26-30-48)44-15-6-2-7-16-44)56-20-12-17-51(41-56)52-35-40-60-58(42-52)57-21-10-11-22-59(57)62(60)53-18-8-3-9-19-53/h1-42H/i1D,4D,5D,12D,13D,14D,17D,20D,23D,24D,27D,28D,31D,32D,36D,37D,41D. The maximum atomic E-state index is 10.0. The van der Waals surface area contributed by atoms with Gasteiger partial charge in [0.05, 0.1) is 34.3 Å². The van der Waals surface area contributed by atoms with Crippen LogP contribution in [0.2, 0.25) is 0 Å². The van der Waals surface area contributed by atoms with Gasteiger partial charge in [-0.15, -0.1) is 0 Å². The fourth-order valence-electron chi connectivity index (χ4n) is 7.71. The summed E-state index contributed by atoms with van der Waals surface area (Å²) in [5.74, 6) is 0. The molecular weight excluding hydrogens is 749 g/mol. The van der Waals surface area contributed by atoms with Gasteiger partial charge in [0.15, 0.2) is 0 Å². The zero-order valence-corrected chi connectivity index (χ0v) is 32.8. The Morgan fingerprint density at radius 3 is 1.47 bits per heavy atom. The first-order valence-electron chi connectivity index (χ1n) is 28.4. The van der Waals surface area contributed by atoms with Gasteiger partial charge < -0.3 is 9.47 Å². The predicted octanol–water partition coefficient (Wildman–Crippen LogP) is 16.6. The second kappa shape index (κ2) is 16.1. The first-order chi connectivity index (χ1) is 37.8. The van der Waals surface area contributed by atoms with Crippen LogP contribution in [-0.4, -0.2) is 4.57 Å². The first kappa shape index (κ1) is 23.0. The largest absolute Gasteiger partial charge is 0.310 e. The fourth-order valence-corrected chi connectivity index (χ4v) is 7.71. The van der Waals surface area contributed by atoms with E-state index in [1.54, 1.807) is 30.3 Å². The molecule has 11 aromatic rings. The summed E-state index contributed by atoms with van der Waals surface area (Å²) < 4.78 is 157. The molecule has 2 nitrogen and oxygen atoms in total. The van der Waals surface area contributed by atoms with E-state index < -0.39 is 131 Å². The van der Waals surface area contributed by atoms with Crippen molar-refractivity contribution in [2.75, 3.05) is 4.90 Å². The lowest BCUT2D eigenvalue weighted by Gasteiger charge is -2.26. The highest BCUT2D eigenvalue weighted by Crippen LogP contribution is 2.40. The van der Waals surface area contributed by atoms with Crippen LogP contribution in [0.25, 0.3) is 83.1 Å². The molecule has 2 heteroatoms. The van der Waals surface area contributed by atoms with Crippen LogP contribution in [0.3, 0.4) is 0 Å². The highest BCUT2D eigenvalue weighted by atomic mass is 15.1. The Labute approximate surface area is 386 Å². The lowest BCUT2D eigenvalue weighted by Crippen LogP contribution is -2.10. The molecule has 0 unspecified atom stereocenters. The highest BCUT2D eigenvalue weighted by molar-refractivity contribution is 6.10. The third kappa shape index (κ3) is 7.04. The molecule has 0 bridgehead atoms. The second-order valence-electron chi connectivity index (χ2n) is 14.4. The topological polar surface area (TPSA) is 8.17 Å². The van der Waals surface area contributed by atoms with Gasteiger partial charge in [-0.1, -0.05) is 188 Å². The number of rotatable bonds is 9. The number of hydrogen-bond donors (Lipinski definition) is 0. The van der Waals surface area contributed by atoms with E-state index >= 15 is 0 Å². The Bertz CT molecular complexity index is 4230. The van der Waals surface area contributed by atoms with Gasteiger partial charge in [-0.3, -0.25) is 0 Å². The van der Waals surface area contributed by atoms with E-state index in [9.17, 15) is 11.0 Å². The smallest absolute Gasteiger partial charge is 0.0651 e. The third-order valence-electron chi connectivity index (χ3n) is 10.7. The highest BCUT2D eigenvalue weighted by Gasteiger charge is 2.17. The van der Waals surface area contributed by atoms with Crippen LogP contribution in [-0.2, 0) is 0 Å². The van der Waals surface area contributed by atoms with Crippen molar-refractivity contribution in [1.29, 1.82) is 0 Å². The molecule has 0 atom stereocenters. The van der Waals surface area contributed by atoms with Crippen LogP contribution in [0.1, 0.15) is 23.3 Å². The van der Waals surface area contributed by atoms with E-state index in [-0.39, 0.29) is 16.9 Å². The molecule has 0 saturated heterocycles. The van der Waals surface area contributed by atoms with E-state index in [4.69, 9.17) is 12.3 Å². The van der Waals surface area contributed by atoms with Crippen molar-refractivity contribution in [3.05, 3.63) is 254 Å². The molecule has 1 aromatic heterocycles. The van der Waals surface area contributed by atoms with Crippen LogP contribution < -0.4 is 4.90 Å². The zero-order valence-electron chi connectivity index (χ0n) is 49.8. The number of fused-ring (bicyclic) bond motifs is 3. The van der Waals surface area contributed by atoms with Crippen molar-refractivity contribution in [2.45, 2.75) is 0 Å². The Balaban J connectivity index is 1.13. The van der Waals surface area contributed by atoms with Gasteiger partial charge in [-0.2, -0.15) is 0 Å². The molecule has 0 radical (unpaired) electrons. The third-order valence-corrected chi connectivity index (χ3v) is 10.7. The predicted molar refractivity (Wildman–Crippen MR) is 263 cm³/mol. The summed E-state index contributed by atoms with van der Waals surface area (Å²) in [6.45, 7) is 0. The zero-order chi connectivity index (χ0) is 56.0. The molecule has 0 saturated carbocycles. The Morgan fingerprint density at radius 2 is 0.806 bits per heavy atom. The van der Waals surface area contributed by atoms with Crippen molar-refractivity contribution < 1.29 is 23.3 Å². The van der Waals surface area contributed by atoms with Crippen molar-refractivity contribution in [2.24, 2.45) is 0 Å². The summed E-state index contributed by atoms with van der Waals surface area (Å²) in [5, 5.41) is 1.64. The van der Waals surface area contributed by atoms with Crippen LogP contribution in [0.15, 0.2) is 254 Å². The molecule has 292 valence electrons. The minimum Gasteiger partial charge on any atom is -0.310 e. The fraction of sp³-hybridized carbons (Fsp3) is 0. The van der Waals surface area contributed by atoms with Gasteiger partial charge in [-0.25, -0.2) is 0 Å². The van der Waals surface area contributed by atoms with Crippen LogP contribution in [0.4, 0.5) is 17.1 Å². The summed E-state index contributed by atoms with van der Waals surface area (Å²) >= 11 is 0. The van der Waals surface area contributed by atoms with Crippen LogP contribution in [0, 0.1) is 0 Å². The van der Waals surface area contributed by atoms with Crippen molar-refractivity contribution in [3.63, 3.8) is 0 Å². The lowest BCUT2D eigenvalue weighted by molar-refractivity contribution is 1.18. The molecule has 0 aliphatic carbocycles. The van der Waals surface area contributed by atoms with Crippen molar-refractivity contribution in [3.8, 4) is 61.3 Å². The van der Waals surface area contributed by atoms with Gasteiger partial charge in [0, 0.05) is 33.5 Å². The molecule has 0 aliphatic rings. The number of para-hydroxylation sites is 2. The molecule has 10 aromatic carbocycles. The maximum absolute atomic E-state index is 10.0. The quantitative estimate of drug-likeness (QED) is 0.141. The van der Waals surface area contributed by atoms with Gasteiger partial charge in [0.2, 0.25) is 0 Å². The molecule has 62 heavy (non-hydrogen) atoms. The molecule has 0 fully saturated rings. The summed E-state index contributed by atoms with van der Waals surface area (Å²) in [4.78, 5) is 1.18. The van der Waals surface area contributed by atoms with E-state index in [1.807, 2.05) is 121 Å². The summed E-state index contributed by atoms with van der Waals surface area (Å²) in [6.07, 6.45) is 0. The van der Waals surface area contributed by atoms with Crippen LogP contribution >= 0.6 is 0 Å². The number of nitrogens with zero attached hydrogens (tertiary/aromatic N) is 2. The van der Waals surface area contributed by atoms with E-state index in [0.29, 0.717) is 5.56 Å². The van der Waals surface area contributed by atoms with Gasteiger partial charge in [0.25, 0.3) is 0 Å². The number of anilines is 3. The molecule has 0 spiro atoms. The molecule has 1 heterocycles. The summed E-state index contributed by atoms with van der Waals surface area (Å²) in [5.41, 5.74) is 3.23. The SMILES string of the molecule is [2H]c1c([2H])c([2H])c(-c2c([2H])c([2H])c(-c3c([2H])c([2H])c(N(c4ccc(-c5ccc(-c6ccccc6)cc5)cc4)c4c([2H])c([2H])c([2H])c(-c5ccc6c(c5)c5ccccc5n6-c5ccccc5)c4[2H])c([2H])c3[2H])c([2H])c2[2H])c([2H])c1[2H]. The van der Waals surface area contributed by atoms with E-state index in [2.05, 4.69) is 4.57 Å². The van der Waals surface area contributed by atoms with Gasteiger partial charge in [0.1, 0.15) is 0 Å². The Hall–Kier alpha value is -8.20. The number of hydrogen-bond acceptors (Lipinski definition) is 1. The molecule has 11 rings (SSSR count). The minimum absolute atomic E-state index is 0.0516. The average molecular weight is 808 g/mol. The molecule has 0 aliphatic heterocycles. The maximum Gasteiger partial charge on any atom is 0.0651 e. The Kier molecular flexibility index (Phi) is 5.97. The van der Waals surface area contributed by atoms with Gasteiger partial charge >= 0.3 is 0 Å². The van der Waals surface area contributed by atoms with Crippen molar-refractivity contribution >= 4 is 38.9 Å². The molecule has 0 N–H and O–H groups in total. The first-order valence-corrected chi connectivity index (χ1v) is 19.9. The summed E-state index contributed by atoms with van der Waals surface area (Å²) in [7, 11) is 0. The monoisotopic (exact) mass is 807 g/mol. The average Bonchev–Trinajstić information content (AvgIpc) is 3.92. The number of benzene rings is 10. The van der Waals surface area contributed by atoms with Gasteiger partial charge in [-0.05, 0) is 122 Å². The van der Waals surface area contributed by atoms with E-state index in [0.717, 1.165) is 49.7 Å². The van der Waals surface area contributed by atoms with E-state index in [1.165, 1.54) is 4.90 Å². The Morgan fingerprint density at radius 1 is 0.306 bits per heavy atom. The number of aromatic nitrogens is 1. The normalized spacial score (nSPS) is 15.1. The summed E-state index contributed by atoms with van der Waals surface area (Å²) in [6, 6.07) is 34.7. The van der Waals surface area contributed by atoms with Crippen molar-refractivity contribution in [1.82, 2.24) is 4.57 Å². The lowest BCUT2D eigenvalue weighted by atomic mass is 9.99.